The van der Waals surface area contributed by atoms with Crippen LogP contribution in [-0.2, 0) is 0 Å². The van der Waals surface area contributed by atoms with Crippen LogP contribution in [-0.4, -0.2) is 27.5 Å². The monoisotopic (exact) mass is 251 g/mol. The summed E-state index contributed by atoms with van der Waals surface area (Å²) < 4.78 is 0. The highest BCUT2D eigenvalue weighted by molar-refractivity contribution is 7.99. The van der Waals surface area contributed by atoms with Crippen molar-refractivity contribution in [3.8, 4) is 0 Å². The van der Waals surface area contributed by atoms with Gasteiger partial charge in [-0.25, -0.2) is 9.97 Å². The van der Waals surface area contributed by atoms with Crippen molar-refractivity contribution in [3.63, 3.8) is 0 Å². The molecule has 2 rings (SSSR count). The Bertz CT molecular complexity index is 373. The van der Waals surface area contributed by atoms with E-state index >= 15 is 0 Å². The lowest BCUT2D eigenvalue weighted by molar-refractivity contribution is 0.657. The summed E-state index contributed by atoms with van der Waals surface area (Å²) in [5.74, 6) is 3.77. The lowest BCUT2D eigenvalue weighted by Gasteiger charge is -2.23. The van der Waals surface area contributed by atoms with Crippen LogP contribution in [0, 0.1) is 6.92 Å². The van der Waals surface area contributed by atoms with E-state index in [1.165, 1.54) is 24.3 Å². The molecule has 4 heteroatoms. The first kappa shape index (κ1) is 12.7. The van der Waals surface area contributed by atoms with Gasteiger partial charge in [-0.05, 0) is 43.3 Å². The first-order valence-corrected chi connectivity index (χ1v) is 7.50. The molecule has 1 aliphatic heterocycles. The molecule has 0 aromatic carbocycles. The molecule has 1 fully saturated rings. The van der Waals surface area contributed by atoms with Gasteiger partial charge in [-0.15, -0.1) is 0 Å². The summed E-state index contributed by atoms with van der Waals surface area (Å²) in [6.45, 7) is 6.38. The van der Waals surface area contributed by atoms with Crippen LogP contribution in [0.25, 0.3) is 0 Å². The Hall–Kier alpha value is -0.770. The quantitative estimate of drug-likeness (QED) is 0.895. The van der Waals surface area contributed by atoms with Gasteiger partial charge in [-0.2, -0.15) is 11.8 Å². The van der Waals surface area contributed by atoms with Gasteiger partial charge in [0.05, 0.1) is 0 Å². The molecule has 0 aliphatic carbocycles. The van der Waals surface area contributed by atoms with E-state index in [-0.39, 0.29) is 0 Å². The molecule has 0 spiro atoms. The Morgan fingerprint density at radius 1 is 1.29 bits per heavy atom. The second-order valence-corrected chi connectivity index (χ2v) is 6.17. The van der Waals surface area contributed by atoms with E-state index in [2.05, 4.69) is 35.2 Å². The van der Waals surface area contributed by atoms with Crippen LogP contribution in [0.5, 0.6) is 0 Å². The van der Waals surface area contributed by atoms with E-state index in [0.717, 1.165) is 17.3 Å². The standard InChI is InChI=1S/C13H21N3S/c1-9(2)12-8-10(3)14-13(16-12)15-11-4-6-17-7-5-11/h8-9,11H,4-7H2,1-3H3,(H,14,15,16). The topological polar surface area (TPSA) is 37.8 Å². The molecular weight excluding hydrogens is 230 g/mol. The van der Waals surface area contributed by atoms with Crippen molar-refractivity contribution >= 4 is 17.7 Å². The molecule has 1 N–H and O–H groups in total. The maximum absolute atomic E-state index is 4.60. The van der Waals surface area contributed by atoms with E-state index in [1.54, 1.807) is 0 Å². The van der Waals surface area contributed by atoms with E-state index in [0.29, 0.717) is 12.0 Å². The van der Waals surface area contributed by atoms with Crippen LogP contribution in [0.1, 0.15) is 44.0 Å². The molecular formula is C13H21N3S. The number of aromatic nitrogens is 2. The van der Waals surface area contributed by atoms with Gasteiger partial charge in [0.15, 0.2) is 0 Å². The minimum Gasteiger partial charge on any atom is -0.351 e. The molecule has 3 nitrogen and oxygen atoms in total. The van der Waals surface area contributed by atoms with Crippen molar-refractivity contribution in [1.82, 2.24) is 9.97 Å². The lowest BCUT2D eigenvalue weighted by atomic mass is 10.1. The van der Waals surface area contributed by atoms with E-state index < -0.39 is 0 Å². The number of hydrogen-bond acceptors (Lipinski definition) is 4. The second kappa shape index (κ2) is 5.71. The van der Waals surface area contributed by atoms with Crippen molar-refractivity contribution in [3.05, 3.63) is 17.5 Å². The third-order valence-corrected chi connectivity index (χ3v) is 4.07. The number of nitrogens with one attached hydrogen (secondary N) is 1. The molecule has 1 aromatic rings. The minimum atomic E-state index is 0.458. The van der Waals surface area contributed by atoms with Crippen molar-refractivity contribution in [2.75, 3.05) is 16.8 Å². The van der Waals surface area contributed by atoms with Gasteiger partial charge in [-0.3, -0.25) is 0 Å². The first-order valence-electron chi connectivity index (χ1n) is 6.35. The van der Waals surface area contributed by atoms with Gasteiger partial charge < -0.3 is 5.32 Å². The van der Waals surface area contributed by atoms with Gasteiger partial charge in [0.2, 0.25) is 5.95 Å². The highest BCUT2D eigenvalue weighted by atomic mass is 32.2. The molecule has 0 bridgehead atoms. The highest BCUT2D eigenvalue weighted by Crippen LogP contribution is 2.21. The average molecular weight is 251 g/mol. The van der Waals surface area contributed by atoms with Crippen LogP contribution >= 0.6 is 11.8 Å². The third-order valence-electron chi connectivity index (χ3n) is 3.02. The van der Waals surface area contributed by atoms with Crippen molar-refractivity contribution in [2.24, 2.45) is 0 Å². The lowest BCUT2D eigenvalue weighted by Crippen LogP contribution is -2.25. The molecule has 1 aromatic heterocycles. The van der Waals surface area contributed by atoms with Gasteiger partial charge >= 0.3 is 0 Å². The molecule has 0 radical (unpaired) electrons. The summed E-state index contributed by atoms with van der Waals surface area (Å²) in [4.78, 5) is 9.08. The third kappa shape index (κ3) is 3.60. The summed E-state index contributed by atoms with van der Waals surface area (Å²) in [6, 6.07) is 2.63. The summed E-state index contributed by atoms with van der Waals surface area (Å²) in [5, 5.41) is 3.48. The summed E-state index contributed by atoms with van der Waals surface area (Å²) in [6.07, 6.45) is 2.44. The number of aryl methyl sites for hydroxylation is 1. The zero-order valence-electron chi connectivity index (χ0n) is 10.9. The number of anilines is 1. The van der Waals surface area contributed by atoms with E-state index in [4.69, 9.17) is 0 Å². The molecule has 1 aliphatic rings. The van der Waals surface area contributed by atoms with E-state index in [1.807, 2.05) is 18.7 Å². The maximum Gasteiger partial charge on any atom is 0.223 e. The summed E-state index contributed by atoms with van der Waals surface area (Å²) in [5.41, 5.74) is 2.18. The number of thioether (sulfide) groups is 1. The van der Waals surface area contributed by atoms with Crippen LogP contribution < -0.4 is 5.32 Å². The molecule has 1 saturated heterocycles. The molecule has 0 unspecified atom stereocenters. The fourth-order valence-corrected chi connectivity index (χ4v) is 3.08. The Labute approximate surface area is 108 Å². The van der Waals surface area contributed by atoms with Gasteiger partial charge in [0.1, 0.15) is 0 Å². The molecule has 0 amide bonds. The fourth-order valence-electron chi connectivity index (χ4n) is 1.98. The maximum atomic E-state index is 4.60. The minimum absolute atomic E-state index is 0.458. The smallest absolute Gasteiger partial charge is 0.223 e. The van der Waals surface area contributed by atoms with Crippen LogP contribution in [0.4, 0.5) is 5.95 Å². The predicted octanol–water partition coefficient (Wildman–Crippen LogP) is 3.22. The number of nitrogens with zero attached hydrogens (tertiary/aromatic N) is 2. The van der Waals surface area contributed by atoms with Gasteiger partial charge in [0, 0.05) is 17.4 Å². The summed E-state index contributed by atoms with van der Waals surface area (Å²) in [7, 11) is 0. The molecule has 17 heavy (non-hydrogen) atoms. The van der Waals surface area contributed by atoms with Crippen molar-refractivity contribution in [1.29, 1.82) is 0 Å². The average Bonchev–Trinajstić information content (AvgIpc) is 2.29. The van der Waals surface area contributed by atoms with Gasteiger partial charge in [-0.1, -0.05) is 13.8 Å². The van der Waals surface area contributed by atoms with E-state index in [9.17, 15) is 0 Å². The Morgan fingerprint density at radius 3 is 2.65 bits per heavy atom. The van der Waals surface area contributed by atoms with Crippen LogP contribution in [0.15, 0.2) is 6.07 Å². The van der Waals surface area contributed by atoms with Crippen molar-refractivity contribution < 1.29 is 0 Å². The Balaban J connectivity index is 2.09. The zero-order chi connectivity index (χ0) is 12.3. The Kier molecular flexibility index (Phi) is 4.26. The summed E-state index contributed by atoms with van der Waals surface area (Å²) >= 11 is 2.04. The fraction of sp³-hybridized carbons (Fsp3) is 0.692. The number of hydrogen-bond donors (Lipinski definition) is 1. The number of rotatable bonds is 3. The molecule has 0 atom stereocenters. The predicted molar refractivity (Wildman–Crippen MR) is 74.8 cm³/mol. The van der Waals surface area contributed by atoms with Crippen molar-refractivity contribution in [2.45, 2.75) is 45.6 Å². The first-order chi connectivity index (χ1) is 8.15. The van der Waals surface area contributed by atoms with Gasteiger partial charge in [0.25, 0.3) is 0 Å². The molecule has 94 valence electrons. The molecule has 0 saturated carbocycles. The second-order valence-electron chi connectivity index (χ2n) is 4.94. The van der Waals surface area contributed by atoms with Crippen LogP contribution in [0.3, 0.4) is 0 Å². The van der Waals surface area contributed by atoms with Crippen LogP contribution in [0.2, 0.25) is 0 Å². The largest absolute Gasteiger partial charge is 0.351 e. The molecule has 2 heterocycles. The SMILES string of the molecule is Cc1cc(C(C)C)nc(NC2CCSCC2)n1. The Morgan fingerprint density at radius 2 is 2.00 bits per heavy atom. The normalized spacial score (nSPS) is 17.4. The zero-order valence-corrected chi connectivity index (χ0v) is 11.7. The highest BCUT2D eigenvalue weighted by Gasteiger charge is 2.15.